The summed E-state index contributed by atoms with van der Waals surface area (Å²) in [4.78, 5) is 25.6. The smallest absolute Gasteiger partial charge is 0.246 e. The summed E-state index contributed by atoms with van der Waals surface area (Å²) < 4.78 is 10.6. The van der Waals surface area contributed by atoms with Crippen molar-refractivity contribution in [2.75, 3.05) is 20.8 Å². The summed E-state index contributed by atoms with van der Waals surface area (Å²) in [5.41, 5.74) is 1.16. The maximum absolute atomic E-state index is 13.3. The summed E-state index contributed by atoms with van der Waals surface area (Å²) in [5, 5.41) is 6.09. The number of rotatable bonds is 8. The molecule has 160 valence electrons. The number of methoxy groups -OCH3 is 2. The third kappa shape index (κ3) is 5.32. The molecule has 0 aliphatic carbocycles. The molecular formula is C24H30N2O4. The van der Waals surface area contributed by atoms with Crippen LogP contribution in [0.1, 0.15) is 36.8 Å². The van der Waals surface area contributed by atoms with Gasteiger partial charge in [-0.3, -0.25) is 9.59 Å². The molecule has 1 unspecified atom stereocenters. The lowest BCUT2D eigenvalue weighted by atomic mass is 9.85. The lowest BCUT2D eigenvalue weighted by Gasteiger charge is -2.32. The molecule has 1 atom stereocenters. The molecule has 3 rings (SSSR count). The maximum atomic E-state index is 13.3. The summed E-state index contributed by atoms with van der Waals surface area (Å²) >= 11 is 0. The van der Waals surface area contributed by atoms with Crippen molar-refractivity contribution in [3.05, 3.63) is 59.7 Å². The van der Waals surface area contributed by atoms with E-state index in [1.165, 1.54) is 0 Å². The first kappa shape index (κ1) is 21.7. The largest absolute Gasteiger partial charge is 0.493 e. The van der Waals surface area contributed by atoms with Gasteiger partial charge in [0.15, 0.2) is 11.5 Å². The Bertz CT molecular complexity index is 869. The molecule has 0 bridgehead atoms. The Labute approximate surface area is 178 Å². The SMILES string of the molecule is COc1ccc(CCNC(=O)C2(Cc3ccccc3)CCCCC(=O)N2)cc1OC. The standard InChI is InChI=1S/C24H30N2O4/c1-29-20-12-11-18(16-21(20)30-2)13-15-25-23(28)24(14-7-6-10-22(27)26-24)17-19-8-4-3-5-9-19/h3-5,8-9,11-12,16H,6-7,10,13-15,17H2,1-2H3,(H,25,28)(H,26,27). The minimum Gasteiger partial charge on any atom is -0.493 e. The van der Waals surface area contributed by atoms with Crippen LogP contribution in [0.2, 0.25) is 0 Å². The Morgan fingerprint density at radius 2 is 1.80 bits per heavy atom. The Kier molecular flexibility index (Phi) is 7.33. The van der Waals surface area contributed by atoms with E-state index >= 15 is 0 Å². The van der Waals surface area contributed by atoms with Crippen molar-refractivity contribution in [1.82, 2.24) is 10.6 Å². The van der Waals surface area contributed by atoms with Crippen LogP contribution in [-0.2, 0) is 22.4 Å². The molecule has 2 amide bonds. The van der Waals surface area contributed by atoms with Gasteiger partial charge >= 0.3 is 0 Å². The molecule has 1 heterocycles. The highest BCUT2D eigenvalue weighted by atomic mass is 16.5. The predicted octanol–water partition coefficient (Wildman–Crippen LogP) is 3.03. The van der Waals surface area contributed by atoms with Gasteiger partial charge in [0.1, 0.15) is 5.54 Å². The first-order chi connectivity index (χ1) is 14.6. The molecule has 2 N–H and O–H groups in total. The number of carbonyl (C=O) groups excluding carboxylic acids is 2. The topological polar surface area (TPSA) is 76.7 Å². The van der Waals surface area contributed by atoms with E-state index in [4.69, 9.17) is 9.47 Å². The van der Waals surface area contributed by atoms with Gasteiger partial charge < -0.3 is 20.1 Å². The van der Waals surface area contributed by atoms with Gasteiger partial charge in [-0.25, -0.2) is 0 Å². The summed E-state index contributed by atoms with van der Waals surface area (Å²) in [5.74, 6) is 1.16. The van der Waals surface area contributed by atoms with Gasteiger partial charge in [0.25, 0.3) is 0 Å². The average Bonchev–Trinajstić information content (AvgIpc) is 2.96. The second kappa shape index (κ2) is 10.1. The fraction of sp³-hybridized carbons (Fsp3) is 0.417. The molecule has 30 heavy (non-hydrogen) atoms. The molecule has 6 nitrogen and oxygen atoms in total. The maximum Gasteiger partial charge on any atom is 0.246 e. The van der Waals surface area contributed by atoms with Crippen LogP contribution in [0.25, 0.3) is 0 Å². The molecule has 1 saturated heterocycles. The molecule has 0 aromatic heterocycles. The number of hydrogen-bond donors (Lipinski definition) is 2. The van der Waals surface area contributed by atoms with Crippen molar-refractivity contribution < 1.29 is 19.1 Å². The zero-order valence-corrected chi connectivity index (χ0v) is 17.7. The van der Waals surface area contributed by atoms with Gasteiger partial charge in [-0.05, 0) is 42.5 Å². The van der Waals surface area contributed by atoms with Gasteiger partial charge in [0, 0.05) is 19.4 Å². The van der Waals surface area contributed by atoms with Crippen molar-refractivity contribution in [2.45, 2.75) is 44.1 Å². The Morgan fingerprint density at radius 1 is 1.03 bits per heavy atom. The Balaban J connectivity index is 1.69. The number of benzene rings is 2. The normalized spacial score (nSPS) is 18.8. The number of ether oxygens (including phenoxy) is 2. The summed E-state index contributed by atoms with van der Waals surface area (Å²) in [7, 11) is 3.20. The molecule has 1 fully saturated rings. The summed E-state index contributed by atoms with van der Waals surface area (Å²) in [6.07, 6.45) is 3.89. The minimum atomic E-state index is -0.910. The summed E-state index contributed by atoms with van der Waals surface area (Å²) in [6, 6.07) is 15.6. The van der Waals surface area contributed by atoms with Crippen molar-refractivity contribution in [1.29, 1.82) is 0 Å². The molecule has 0 spiro atoms. The molecule has 1 aliphatic rings. The number of amides is 2. The average molecular weight is 411 g/mol. The van der Waals surface area contributed by atoms with Crippen LogP contribution < -0.4 is 20.1 Å². The van der Waals surface area contributed by atoms with Crippen LogP contribution in [0.4, 0.5) is 0 Å². The van der Waals surface area contributed by atoms with Crippen molar-refractivity contribution >= 4 is 11.8 Å². The fourth-order valence-electron chi connectivity index (χ4n) is 3.96. The monoisotopic (exact) mass is 410 g/mol. The quantitative estimate of drug-likeness (QED) is 0.701. The van der Waals surface area contributed by atoms with Crippen molar-refractivity contribution in [2.24, 2.45) is 0 Å². The van der Waals surface area contributed by atoms with Crippen LogP contribution in [0.3, 0.4) is 0 Å². The van der Waals surface area contributed by atoms with Gasteiger partial charge in [0.05, 0.1) is 14.2 Å². The van der Waals surface area contributed by atoms with E-state index in [0.717, 1.165) is 24.0 Å². The first-order valence-corrected chi connectivity index (χ1v) is 10.4. The third-order valence-electron chi connectivity index (χ3n) is 5.57. The fourth-order valence-corrected chi connectivity index (χ4v) is 3.96. The van der Waals surface area contributed by atoms with Gasteiger partial charge in [0.2, 0.25) is 11.8 Å². The molecule has 0 radical (unpaired) electrons. The Hall–Kier alpha value is -3.02. The Morgan fingerprint density at radius 3 is 2.53 bits per heavy atom. The van der Waals surface area contributed by atoms with E-state index in [0.29, 0.717) is 43.7 Å². The van der Waals surface area contributed by atoms with Crippen molar-refractivity contribution in [3.8, 4) is 11.5 Å². The molecular weight excluding hydrogens is 380 g/mol. The van der Waals surface area contributed by atoms with E-state index in [9.17, 15) is 9.59 Å². The third-order valence-corrected chi connectivity index (χ3v) is 5.57. The molecule has 1 aliphatic heterocycles. The number of hydrogen-bond acceptors (Lipinski definition) is 4. The lowest BCUT2D eigenvalue weighted by Crippen LogP contribution is -2.59. The predicted molar refractivity (Wildman–Crippen MR) is 116 cm³/mol. The van der Waals surface area contributed by atoms with Crippen LogP contribution in [-0.4, -0.2) is 38.1 Å². The molecule has 0 saturated carbocycles. The van der Waals surface area contributed by atoms with Gasteiger partial charge in [-0.2, -0.15) is 0 Å². The second-order valence-corrected chi connectivity index (χ2v) is 7.70. The summed E-state index contributed by atoms with van der Waals surface area (Å²) in [6.45, 7) is 0.473. The minimum absolute atomic E-state index is 0.0570. The molecule has 2 aromatic rings. The van der Waals surface area contributed by atoms with Gasteiger partial charge in [-0.15, -0.1) is 0 Å². The highest BCUT2D eigenvalue weighted by molar-refractivity contribution is 5.92. The zero-order chi connectivity index (χ0) is 21.4. The van der Waals surface area contributed by atoms with Crippen molar-refractivity contribution in [3.63, 3.8) is 0 Å². The van der Waals surface area contributed by atoms with E-state index < -0.39 is 5.54 Å². The number of nitrogens with one attached hydrogen (secondary N) is 2. The zero-order valence-electron chi connectivity index (χ0n) is 17.7. The van der Waals surface area contributed by atoms with E-state index in [1.54, 1.807) is 14.2 Å². The molecule has 6 heteroatoms. The van der Waals surface area contributed by atoms with Crippen LogP contribution in [0.5, 0.6) is 11.5 Å². The highest BCUT2D eigenvalue weighted by Gasteiger charge is 2.40. The second-order valence-electron chi connectivity index (χ2n) is 7.70. The van der Waals surface area contributed by atoms with Crippen LogP contribution >= 0.6 is 0 Å². The van der Waals surface area contributed by atoms with Crippen LogP contribution in [0.15, 0.2) is 48.5 Å². The highest BCUT2D eigenvalue weighted by Crippen LogP contribution is 2.28. The van der Waals surface area contributed by atoms with E-state index in [2.05, 4.69) is 10.6 Å². The van der Waals surface area contributed by atoms with Crippen LogP contribution in [0, 0.1) is 0 Å². The van der Waals surface area contributed by atoms with E-state index in [1.807, 2.05) is 48.5 Å². The lowest BCUT2D eigenvalue weighted by molar-refractivity contribution is -0.133. The molecule has 2 aromatic carbocycles. The van der Waals surface area contributed by atoms with Gasteiger partial charge in [-0.1, -0.05) is 42.8 Å². The van der Waals surface area contributed by atoms with E-state index in [-0.39, 0.29) is 11.8 Å². The number of carbonyl (C=O) groups is 2. The first-order valence-electron chi connectivity index (χ1n) is 10.4.